The maximum absolute atomic E-state index is 13.9. The number of phenolic OH excluding ortho intramolecular Hbond substituents is 1. The van der Waals surface area contributed by atoms with Crippen LogP contribution < -0.4 is 5.32 Å². The number of hydrogen-bond donors (Lipinski definition) is 2. The third-order valence-corrected chi connectivity index (χ3v) is 4.57. The molecular formula is C17H26FNO. The first-order chi connectivity index (χ1) is 9.61. The van der Waals surface area contributed by atoms with Crippen LogP contribution in [0.2, 0.25) is 0 Å². The molecule has 2 N–H and O–H groups in total. The first-order valence-electron chi connectivity index (χ1n) is 7.86. The summed E-state index contributed by atoms with van der Waals surface area (Å²) in [7, 11) is 0. The van der Waals surface area contributed by atoms with Gasteiger partial charge in [0.05, 0.1) is 0 Å². The molecule has 0 radical (unpaired) electrons. The van der Waals surface area contributed by atoms with Crippen LogP contribution in [0.25, 0.3) is 0 Å². The second-order valence-electron chi connectivity index (χ2n) is 6.01. The highest BCUT2D eigenvalue weighted by Gasteiger charge is 2.24. The second-order valence-corrected chi connectivity index (χ2v) is 6.01. The van der Waals surface area contributed by atoms with Gasteiger partial charge in [-0.3, -0.25) is 0 Å². The number of rotatable bonds is 5. The Morgan fingerprint density at radius 1 is 1.30 bits per heavy atom. The fourth-order valence-corrected chi connectivity index (χ4v) is 3.40. The molecular weight excluding hydrogens is 253 g/mol. The minimum atomic E-state index is -0.330. The predicted octanol–water partition coefficient (Wildman–Crippen LogP) is 4.54. The Balaban J connectivity index is 2.02. The van der Waals surface area contributed by atoms with Gasteiger partial charge in [0, 0.05) is 23.7 Å². The fourth-order valence-electron chi connectivity index (χ4n) is 3.40. The van der Waals surface area contributed by atoms with Gasteiger partial charge in [-0.25, -0.2) is 4.39 Å². The number of halogens is 1. The van der Waals surface area contributed by atoms with E-state index in [0.29, 0.717) is 11.6 Å². The lowest BCUT2D eigenvalue weighted by Gasteiger charge is -2.32. The summed E-state index contributed by atoms with van der Waals surface area (Å²) >= 11 is 0. The average molecular weight is 279 g/mol. The molecule has 0 spiro atoms. The van der Waals surface area contributed by atoms with E-state index in [9.17, 15) is 9.50 Å². The molecule has 1 aromatic carbocycles. The van der Waals surface area contributed by atoms with Crippen LogP contribution in [0.1, 0.15) is 64.0 Å². The second kappa shape index (κ2) is 7.07. The van der Waals surface area contributed by atoms with Crippen molar-refractivity contribution in [2.24, 2.45) is 5.92 Å². The molecule has 1 saturated carbocycles. The molecule has 1 aliphatic carbocycles. The molecule has 0 amide bonds. The Hall–Kier alpha value is -1.09. The standard InChI is InChI=1S/C17H26FNO/c1-3-17(13-7-5-4-6-8-13)19-12(2)15-10-9-14(20)11-16(15)18/h9-13,17,19-20H,3-8H2,1-2H3. The molecule has 0 saturated heterocycles. The molecule has 2 atom stereocenters. The number of nitrogens with one attached hydrogen (secondary N) is 1. The third kappa shape index (κ3) is 3.72. The van der Waals surface area contributed by atoms with Gasteiger partial charge >= 0.3 is 0 Å². The SMILES string of the molecule is CCC(NC(C)c1ccc(O)cc1F)C1CCCCC1. The summed E-state index contributed by atoms with van der Waals surface area (Å²) in [5.41, 5.74) is 0.636. The summed E-state index contributed by atoms with van der Waals surface area (Å²) in [6.07, 6.45) is 7.66. The van der Waals surface area contributed by atoms with E-state index >= 15 is 0 Å². The topological polar surface area (TPSA) is 32.3 Å². The highest BCUT2D eigenvalue weighted by molar-refractivity contribution is 5.29. The maximum Gasteiger partial charge on any atom is 0.131 e. The zero-order valence-electron chi connectivity index (χ0n) is 12.5. The van der Waals surface area contributed by atoms with Crippen LogP contribution in [0.5, 0.6) is 5.75 Å². The zero-order valence-corrected chi connectivity index (χ0v) is 12.5. The van der Waals surface area contributed by atoms with E-state index in [4.69, 9.17) is 0 Å². The molecule has 20 heavy (non-hydrogen) atoms. The van der Waals surface area contributed by atoms with Crippen LogP contribution in [-0.2, 0) is 0 Å². The Kier molecular flexibility index (Phi) is 5.41. The molecule has 1 aromatic rings. The van der Waals surface area contributed by atoms with Crippen molar-refractivity contribution in [1.82, 2.24) is 5.32 Å². The first kappa shape index (κ1) is 15.3. The third-order valence-electron chi connectivity index (χ3n) is 4.57. The summed E-state index contributed by atoms with van der Waals surface area (Å²) in [4.78, 5) is 0. The largest absolute Gasteiger partial charge is 0.508 e. The van der Waals surface area contributed by atoms with Gasteiger partial charge in [0.2, 0.25) is 0 Å². The first-order valence-corrected chi connectivity index (χ1v) is 7.86. The van der Waals surface area contributed by atoms with Gasteiger partial charge in [-0.2, -0.15) is 0 Å². The summed E-state index contributed by atoms with van der Waals surface area (Å²) in [5, 5.41) is 12.9. The van der Waals surface area contributed by atoms with Crippen molar-refractivity contribution in [2.45, 2.75) is 64.5 Å². The maximum atomic E-state index is 13.9. The Morgan fingerprint density at radius 2 is 2.00 bits per heavy atom. The van der Waals surface area contributed by atoms with E-state index in [1.54, 1.807) is 12.1 Å². The van der Waals surface area contributed by atoms with Gasteiger partial charge in [0.15, 0.2) is 0 Å². The van der Waals surface area contributed by atoms with Crippen LogP contribution in [0.4, 0.5) is 4.39 Å². The lowest BCUT2D eigenvalue weighted by Crippen LogP contribution is -2.38. The minimum Gasteiger partial charge on any atom is -0.508 e. The van der Waals surface area contributed by atoms with Gasteiger partial charge in [0.1, 0.15) is 11.6 Å². The van der Waals surface area contributed by atoms with Crippen molar-refractivity contribution >= 4 is 0 Å². The molecule has 0 aromatic heterocycles. The average Bonchev–Trinajstić information content (AvgIpc) is 2.45. The number of benzene rings is 1. The predicted molar refractivity (Wildman–Crippen MR) is 80.3 cm³/mol. The molecule has 1 fully saturated rings. The van der Waals surface area contributed by atoms with Gasteiger partial charge in [-0.05, 0) is 38.2 Å². The molecule has 0 aliphatic heterocycles. The highest BCUT2D eigenvalue weighted by Crippen LogP contribution is 2.30. The monoisotopic (exact) mass is 279 g/mol. The Bertz CT molecular complexity index is 429. The van der Waals surface area contributed by atoms with Crippen LogP contribution in [-0.4, -0.2) is 11.1 Å². The molecule has 2 nitrogen and oxygen atoms in total. The minimum absolute atomic E-state index is 0.0160. The summed E-state index contributed by atoms with van der Waals surface area (Å²) in [5.74, 6) is 0.373. The Morgan fingerprint density at radius 3 is 2.60 bits per heavy atom. The highest BCUT2D eigenvalue weighted by atomic mass is 19.1. The van der Waals surface area contributed by atoms with E-state index in [0.717, 1.165) is 12.3 Å². The summed E-state index contributed by atoms with van der Waals surface area (Å²) in [6, 6.07) is 4.85. The lowest BCUT2D eigenvalue weighted by atomic mass is 9.82. The Labute approximate surface area is 121 Å². The summed E-state index contributed by atoms with van der Waals surface area (Å²) < 4.78 is 13.9. The number of phenols is 1. The smallest absolute Gasteiger partial charge is 0.131 e. The van der Waals surface area contributed by atoms with Crippen molar-refractivity contribution in [2.75, 3.05) is 0 Å². The van der Waals surface area contributed by atoms with Gasteiger partial charge in [-0.15, -0.1) is 0 Å². The van der Waals surface area contributed by atoms with E-state index in [1.807, 2.05) is 6.92 Å². The van der Waals surface area contributed by atoms with Crippen molar-refractivity contribution in [1.29, 1.82) is 0 Å². The molecule has 0 bridgehead atoms. The molecule has 112 valence electrons. The van der Waals surface area contributed by atoms with Crippen molar-refractivity contribution in [3.05, 3.63) is 29.6 Å². The normalized spacial score (nSPS) is 19.8. The van der Waals surface area contributed by atoms with Crippen LogP contribution in [0, 0.1) is 11.7 Å². The van der Waals surface area contributed by atoms with Gasteiger partial charge < -0.3 is 10.4 Å². The van der Waals surface area contributed by atoms with E-state index in [1.165, 1.54) is 38.2 Å². The quantitative estimate of drug-likeness (QED) is 0.829. The molecule has 1 aliphatic rings. The van der Waals surface area contributed by atoms with Crippen LogP contribution >= 0.6 is 0 Å². The van der Waals surface area contributed by atoms with Crippen LogP contribution in [0.3, 0.4) is 0 Å². The van der Waals surface area contributed by atoms with Crippen molar-refractivity contribution < 1.29 is 9.50 Å². The van der Waals surface area contributed by atoms with Crippen molar-refractivity contribution in [3.63, 3.8) is 0 Å². The van der Waals surface area contributed by atoms with Crippen molar-refractivity contribution in [3.8, 4) is 5.75 Å². The van der Waals surface area contributed by atoms with Gasteiger partial charge in [-0.1, -0.05) is 32.3 Å². The molecule has 2 unspecified atom stereocenters. The molecule has 0 heterocycles. The van der Waals surface area contributed by atoms with Crippen LogP contribution in [0.15, 0.2) is 18.2 Å². The lowest BCUT2D eigenvalue weighted by molar-refractivity contribution is 0.248. The molecule has 2 rings (SSSR count). The number of aromatic hydroxyl groups is 1. The number of hydrogen-bond acceptors (Lipinski definition) is 2. The fraction of sp³-hybridized carbons (Fsp3) is 0.647. The van der Waals surface area contributed by atoms with Gasteiger partial charge in [0.25, 0.3) is 0 Å². The molecule has 3 heteroatoms. The van der Waals surface area contributed by atoms with E-state index < -0.39 is 0 Å². The summed E-state index contributed by atoms with van der Waals surface area (Å²) in [6.45, 7) is 4.20. The zero-order chi connectivity index (χ0) is 14.5. The van der Waals surface area contributed by atoms with E-state index in [2.05, 4.69) is 12.2 Å². The van der Waals surface area contributed by atoms with E-state index in [-0.39, 0.29) is 17.6 Å².